The highest BCUT2D eigenvalue weighted by atomic mass is 32.1. The molecular formula is C27H21F2N5O3S. The Labute approximate surface area is 219 Å². The summed E-state index contributed by atoms with van der Waals surface area (Å²) >= 11 is 1.21. The van der Waals surface area contributed by atoms with Crippen LogP contribution in [-0.2, 0) is 6.42 Å². The molecule has 0 radical (unpaired) electrons. The highest BCUT2D eigenvalue weighted by Gasteiger charge is 2.32. The van der Waals surface area contributed by atoms with E-state index in [-0.39, 0.29) is 54.6 Å². The molecule has 2 aromatic carbocycles. The molecule has 3 heterocycles. The van der Waals surface area contributed by atoms with Crippen molar-refractivity contribution in [2.24, 2.45) is 0 Å². The number of hydrogen-bond donors (Lipinski definition) is 1. The molecule has 0 bridgehead atoms. The number of nitrogens with one attached hydrogen (secondary N) is 1. The van der Waals surface area contributed by atoms with Crippen LogP contribution in [0.5, 0.6) is 0 Å². The zero-order valence-electron chi connectivity index (χ0n) is 20.2. The van der Waals surface area contributed by atoms with Crippen molar-refractivity contribution in [3.8, 4) is 12.3 Å². The van der Waals surface area contributed by atoms with Crippen molar-refractivity contribution in [2.45, 2.75) is 19.4 Å². The molecule has 192 valence electrons. The summed E-state index contributed by atoms with van der Waals surface area (Å²) in [4.78, 5) is 45.5. The molecule has 5 rings (SSSR count). The summed E-state index contributed by atoms with van der Waals surface area (Å²) in [5.74, 6) is 0.431. The molecule has 1 unspecified atom stereocenters. The van der Waals surface area contributed by atoms with Gasteiger partial charge in [-0.3, -0.25) is 14.4 Å². The number of terminal acetylenes is 1. The molecule has 1 N–H and O–H groups in total. The minimum Gasteiger partial charge on any atom is -0.335 e. The van der Waals surface area contributed by atoms with Crippen molar-refractivity contribution >= 4 is 33.9 Å². The number of thiazole rings is 1. The molecule has 11 heteroatoms. The summed E-state index contributed by atoms with van der Waals surface area (Å²) < 4.78 is 28.4. The van der Waals surface area contributed by atoms with E-state index in [9.17, 15) is 23.2 Å². The van der Waals surface area contributed by atoms with Crippen LogP contribution < -0.4 is 5.56 Å². The van der Waals surface area contributed by atoms with E-state index in [1.165, 1.54) is 46.6 Å². The second-order valence-electron chi connectivity index (χ2n) is 8.96. The maximum atomic E-state index is 14.8. The molecule has 1 fully saturated rings. The van der Waals surface area contributed by atoms with Gasteiger partial charge in [0, 0.05) is 42.9 Å². The molecule has 2 amide bonds. The van der Waals surface area contributed by atoms with Gasteiger partial charge in [-0.05, 0) is 48.7 Å². The predicted molar refractivity (Wildman–Crippen MR) is 138 cm³/mol. The van der Waals surface area contributed by atoms with Gasteiger partial charge in [0.25, 0.3) is 17.4 Å². The number of amides is 2. The van der Waals surface area contributed by atoms with Crippen LogP contribution in [0.2, 0.25) is 0 Å². The molecule has 0 aliphatic carbocycles. The lowest BCUT2D eigenvalue weighted by atomic mass is 10.0. The number of piperazine rings is 1. The monoisotopic (exact) mass is 533 g/mol. The smallest absolute Gasteiger partial charge is 0.273 e. The predicted octanol–water partition coefficient (Wildman–Crippen LogP) is 3.22. The topological polar surface area (TPSA) is 99.3 Å². The van der Waals surface area contributed by atoms with E-state index < -0.39 is 23.1 Å². The first-order valence-corrected chi connectivity index (χ1v) is 12.6. The Hall–Kier alpha value is -4.43. The fourth-order valence-electron chi connectivity index (χ4n) is 4.57. The number of rotatable bonds is 4. The Bertz CT molecular complexity index is 1680. The Kier molecular flexibility index (Phi) is 6.73. The third-order valence-corrected chi connectivity index (χ3v) is 7.26. The van der Waals surface area contributed by atoms with Gasteiger partial charge in [-0.2, -0.15) is 5.10 Å². The van der Waals surface area contributed by atoms with Crippen LogP contribution in [0.1, 0.15) is 44.0 Å². The summed E-state index contributed by atoms with van der Waals surface area (Å²) in [7, 11) is 0. The molecule has 2 aromatic heterocycles. The quantitative estimate of drug-likeness (QED) is 0.406. The van der Waals surface area contributed by atoms with Gasteiger partial charge in [0.1, 0.15) is 17.3 Å². The van der Waals surface area contributed by atoms with Crippen molar-refractivity contribution in [3.63, 3.8) is 0 Å². The number of carbonyl (C=O) groups is 2. The molecule has 1 aliphatic heterocycles. The number of nitrogens with zero attached hydrogens (tertiary/aromatic N) is 4. The van der Waals surface area contributed by atoms with Crippen LogP contribution in [0.15, 0.2) is 46.6 Å². The average Bonchev–Trinajstić information content (AvgIpc) is 3.40. The summed E-state index contributed by atoms with van der Waals surface area (Å²) in [6, 6.07) is 7.72. The minimum atomic E-state index is -0.671. The number of carbonyl (C=O) groups excluding carboxylic acids is 2. The molecule has 0 saturated carbocycles. The highest BCUT2D eigenvalue weighted by molar-refractivity contribution is 7.10. The number of aromatic amines is 1. The largest absolute Gasteiger partial charge is 0.335 e. The van der Waals surface area contributed by atoms with Crippen molar-refractivity contribution in [2.75, 3.05) is 19.6 Å². The second-order valence-corrected chi connectivity index (χ2v) is 9.82. The number of H-pyrrole nitrogens is 1. The number of aromatic nitrogens is 3. The maximum Gasteiger partial charge on any atom is 0.273 e. The number of halogens is 2. The van der Waals surface area contributed by atoms with E-state index in [4.69, 9.17) is 6.42 Å². The van der Waals surface area contributed by atoms with Crippen LogP contribution in [-0.4, -0.2) is 62.5 Å². The highest BCUT2D eigenvalue weighted by Crippen LogP contribution is 2.22. The zero-order chi connectivity index (χ0) is 27.0. The van der Waals surface area contributed by atoms with Crippen molar-refractivity contribution in [1.29, 1.82) is 0 Å². The fraction of sp³-hybridized carbons (Fsp3) is 0.222. The Morgan fingerprint density at radius 3 is 2.71 bits per heavy atom. The van der Waals surface area contributed by atoms with E-state index in [0.717, 1.165) is 6.07 Å². The van der Waals surface area contributed by atoms with Gasteiger partial charge in [-0.25, -0.2) is 18.9 Å². The van der Waals surface area contributed by atoms with Crippen LogP contribution >= 0.6 is 11.3 Å². The normalized spacial score (nSPS) is 15.5. The van der Waals surface area contributed by atoms with Gasteiger partial charge in [0.05, 0.1) is 16.6 Å². The van der Waals surface area contributed by atoms with E-state index >= 15 is 0 Å². The second kappa shape index (κ2) is 10.1. The first-order chi connectivity index (χ1) is 18.2. The third-order valence-electron chi connectivity index (χ3n) is 6.48. The van der Waals surface area contributed by atoms with Crippen molar-refractivity contribution in [3.05, 3.63) is 91.3 Å². The Morgan fingerprint density at radius 1 is 1.16 bits per heavy atom. The van der Waals surface area contributed by atoms with Crippen molar-refractivity contribution < 1.29 is 18.4 Å². The summed E-state index contributed by atoms with van der Waals surface area (Å²) in [6.45, 7) is 2.52. The van der Waals surface area contributed by atoms with Gasteiger partial charge in [-0.15, -0.1) is 17.8 Å². The lowest BCUT2D eigenvalue weighted by molar-refractivity contribution is 0.0409. The molecule has 1 saturated heterocycles. The van der Waals surface area contributed by atoms with E-state index in [1.54, 1.807) is 10.3 Å². The third kappa shape index (κ3) is 4.78. The Balaban J connectivity index is 1.34. The average molecular weight is 534 g/mol. The van der Waals surface area contributed by atoms with E-state index in [1.807, 2.05) is 6.92 Å². The maximum absolute atomic E-state index is 14.8. The molecule has 0 spiro atoms. The summed E-state index contributed by atoms with van der Waals surface area (Å²) in [5, 5.41) is 9.10. The van der Waals surface area contributed by atoms with Crippen molar-refractivity contribution in [1.82, 2.24) is 25.0 Å². The number of hydrogen-bond acceptors (Lipinski definition) is 6. The fourth-order valence-corrected chi connectivity index (χ4v) is 5.16. The summed E-state index contributed by atoms with van der Waals surface area (Å²) in [6.07, 6.45) is 5.53. The summed E-state index contributed by atoms with van der Waals surface area (Å²) in [5.41, 5.74) is 0.693. The number of benzene rings is 2. The lowest BCUT2D eigenvalue weighted by Crippen LogP contribution is -2.55. The number of fused-ring (bicyclic) bond motifs is 1. The molecular weight excluding hydrogens is 512 g/mol. The van der Waals surface area contributed by atoms with Gasteiger partial charge < -0.3 is 9.80 Å². The van der Waals surface area contributed by atoms with Crippen LogP contribution in [0.25, 0.3) is 10.8 Å². The van der Waals surface area contributed by atoms with Gasteiger partial charge in [0.2, 0.25) is 0 Å². The molecule has 38 heavy (non-hydrogen) atoms. The van der Waals surface area contributed by atoms with Gasteiger partial charge >= 0.3 is 0 Å². The molecule has 4 aromatic rings. The van der Waals surface area contributed by atoms with Crippen LogP contribution in [0.4, 0.5) is 8.78 Å². The molecule has 8 nitrogen and oxygen atoms in total. The van der Waals surface area contributed by atoms with Gasteiger partial charge in [-0.1, -0.05) is 6.07 Å². The van der Waals surface area contributed by atoms with Crippen LogP contribution in [0, 0.1) is 24.0 Å². The first-order valence-electron chi connectivity index (χ1n) is 11.7. The Morgan fingerprint density at radius 2 is 1.97 bits per heavy atom. The minimum absolute atomic E-state index is 0.104. The van der Waals surface area contributed by atoms with E-state index in [0.29, 0.717) is 21.7 Å². The molecule has 1 aliphatic rings. The SMILES string of the molecule is C#Cc1nc(C(=O)N2CCN(C(=O)c3cc(Cc4n[nH]c(=O)c5cc(F)ccc45)ccc3F)CC2C)cs1. The molecule has 1 atom stereocenters. The zero-order valence-corrected chi connectivity index (χ0v) is 21.0. The van der Waals surface area contributed by atoms with Crippen LogP contribution in [0.3, 0.4) is 0 Å². The first kappa shape index (κ1) is 25.2. The lowest BCUT2D eigenvalue weighted by Gasteiger charge is -2.39. The van der Waals surface area contributed by atoms with Gasteiger partial charge in [0.15, 0.2) is 5.01 Å². The van der Waals surface area contributed by atoms with E-state index in [2.05, 4.69) is 21.1 Å². The standard InChI is InChI=1S/C27H21F2N5O3S/c1-3-24-30-23(14-38-24)27(37)34-9-8-33(13-15(34)2)26(36)20-10-16(4-7-21(20)29)11-22-18-6-5-17(28)12-19(18)25(35)32-31-22/h1,4-7,10,12,14-15H,8-9,11,13H2,2H3,(H,32,35).